The second kappa shape index (κ2) is 8.56. The fourth-order valence-corrected chi connectivity index (χ4v) is 2.22. The zero-order valence-corrected chi connectivity index (χ0v) is 13.9. The van der Waals surface area contributed by atoms with Crippen molar-refractivity contribution in [2.24, 2.45) is 5.92 Å². The molecular weight excluding hydrogens is 260 g/mol. The highest BCUT2D eigenvalue weighted by Crippen LogP contribution is 2.10. The van der Waals surface area contributed by atoms with Crippen LogP contribution in [0.4, 0.5) is 0 Å². The van der Waals surface area contributed by atoms with Crippen LogP contribution in [0, 0.1) is 19.8 Å². The molecule has 1 aromatic rings. The standard InChI is InChI=1S/C14H28N4.ClH/c1-10(2)7-13(18(5)6)8-15-9-14-11(3)16-17-12(14)4;/h10,13,15H,7-9H2,1-6H3,(H,16,17);1H. The summed E-state index contributed by atoms with van der Waals surface area (Å²) in [6, 6.07) is 0.595. The van der Waals surface area contributed by atoms with Gasteiger partial charge in [-0.3, -0.25) is 5.10 Å². The van der Waals surface area contributed by atoms with Gasteiger partial charge in [-0.2, -0.15) is 5.10 Å². The van der Waals surface area contributed by atoms with E-state index in [0.717, 1.165) is 24.7 Å². The van der Waals surface area contributed by atoms with Crippen molar-refractivity contribution in [1.29, 1.82) is 0 Å². The highest BCUT2D eigenvalue weighted by molar-refractivity contribution is 5.85. The summed E-state index contributed by atoms with van der Waals surface area (Å²) in [5.74, 6) is 0.733. The molecule has 1 atom stereocenters. The lowest BCUT2D eigenvalue weighted by Crippen LogP contribution is -2.38. The molecule has 0 aliphatic rings. The molecule has 0 saturated carbocycles. The maximum Gasteiger partial charge on any atom is 0.0638 e. The zero-order chi connectivity index (χ0) is 13.7. The Morgan fingerprint density at radius 2 is 1.89 bits per heavy atom. The summed E-state index contributed by atoms with van der Waals surface area (Å²) in [7, 11) is 4.31. The predicted octanol–water partition coefficient (Wildman–Crippen LogP) is 2.51. The lowest BCUT2D eigenvalue weighted by Gasteiger charge is -2.26. The van der Waals surface area contributed by atoms with E-state index >= 15 is 0 Å². The molecule has 1 heterocycles. The Bertz CT molecular complexity index is 341. The number of hydrogen-bond donors (Lipinski definition) is 2. The smallest absolute Gasteiger partial charge is 0.0638 e. The van der Waals surface area contributed by atoms with Crippen molar-refractivity contribution in [1.82, 2.24) is 20.4 Å². The Kier molecular flexibility index (Phi) is 8.30. The van der Waals surface area contributed by atoms with Crippen LogP contribution >= 0.6 is 12.4 Å². The minimum atomic E-state index is 0. The van der Waals surface area contributed by atoms with E-state index in [9.17, 15) is 0 Å². The molecule has 19 heavy (non-hydrogen) atoms. The lowest BCUT2D eigenvalue weighted by atomic mass is 10.0. The quantitative estimate of drug-likeness (QED) is 0.810. The predicted molar refractivity (Wildman–Crippen MR) is 83.9 cm³/mol. The summed E-state index contributed by atoms with van der Waals surface area (Å²) >= 11 is 0. The number of aromatic amines is 1. The average Bonchev–Trinajstić information content (AvgIpc) is 2.58. The van der Waals surface area contributed by atoms with Gasteiger partial charge in [-0.15, -0.1) is 12.4 Å². The second-order valence-electron chi connectivity index (χ2n) is 5.79. The van der Waals surface area contributed by atoms with Crippen LogP contribution in [0.2, 0.25) is 0 Å². The SMILES string of the molecule is Cc1n[nH]c(C)c1CNCC(CC(C)C)N(C)C.Cl. The molecule has 0 fully saturated rings. The fourth-order valence-electron chi connectivity index (χ4n) is 2.22. The Balaban J connectivity index is 0.00000324. The Hall–Kier alpha value is -0.580. The van der Waals surface area contributed by atoms with E-state index in [1.165, 1.54) is 17.7 Å². The number of aromatic nitrogens is 2. The summed E-state index contributed by atoms with van der Waals surface area (Å²) in [5, 5.41) is 10.8. The summed E-state index contributed by atoms with van der Waals surface area (Å²) in [6.07, 6.45) is 1.23. The van der Waals surface area contributed by atoms with E-state index in [0.29, 0.717) is 6.04 Å². The number of rotatable bonds is 7. The molecule has 112 valence electrons. The third kappa shape index (κ3) is 5.93. The molecule has 0 spiro atoms. The Morgan fingerprint density at radius 1 is 1.26 bits per heavy atom. The van der Waals surface area contributed by atoms with E-state index in [1.54, 1.807) is 0 Å². The number of halogens is 1. The van der Waals surface area contributed by atoms with Gasteiger partial charge in [0.2, 0.25) is 0 Å². The van der Waals surface area contributed by atoms with Crippen LogP contribution in [0.25, 0.3) is 0 Å². The minimum Gasteiger partial charge on any atom is -0.311 e. The number of H-pyrrole nitrogens is 1. The van der Waals surface area contributed by atoms with Gasteiger partial charge in [0.25, 0.3) is 0 Å². The monoisotopic (exact) mass is 288 g/mol. The maximum atomic E-state index is 4.22. The Labute approximate surface area is 123 Å². The van der Waals surface area contributed by atoms with Crippen molar-refractivity contribution in [2.75, 3.05) is 20.6 Å². The van der Waals surface area contributed by atoms with E-state index in [4.69, 9.17) is 0 Å². The number of hydrogen-bond acceptors (Lipinski definition) is 3. The van der Waals surface area contributed by atoms with Crippen LogP contribution < -0.4 is 5.32 Å². The van der Waals surface area contributed by atoms with Gasteiger partial charge in [-0.05, 0) is 40.3 Å². The molecule has 4 nitrogen and oxygen atoms in total. The highest BCUT2D eigenvalue weighted by atomic mass is 35.5. The zero-order valence-electron chi connectivity index (χ0n) is 13.1. The van der Waals surface area contributed by atoms with Crippen molar-refractivity contribution >= 4 is 12.4 Å². The average molecular weight is 289 g/mol. The molecule has 0 aromatic carbocycles. The number of likely N-dealkylation sites (N-methyl/N-ethyl adjacent to an activating group) is 1. The highest BCUT2D eigenvalue weighted by Gasteiger charge is 2.13. The molecule has 0 saturated heterocycles. The first kappa shape index (κ1) is 18.4. The molecule has 1 aromatic heterocycles. The van der Waals surface area contributed by atoms with Crippen LogP contribution in [0.5, 0.6) is 0 Å². The molecular formula is C14H29ClN4. The van der Waals surface area contributed by atoms with Crippen LogP contribution in [-0.2, 0) is 6.54 Å². The number of aryl methyl sites for hydroxylation is 2. The molecule has 2 N–H and O–H groups in total. The number of nitrogens with one attached hydrogen (secondary N) is 2. The summed E-state index contributed by atoms with van der Waals surface area (Å²) < 4.78 is 0. The van der Waals surface area contributed by atoms with Gasteiger partial charge in [-0.25, -0.2) is 0 Å². The topological polar surface area (TPSA) is 44.0 Å². The molecule has 0 aliphatic heterocycles. The van der Waals surface area contributed by atoms with Gasteiger partial charge < -0.3 is 10.2 Å². The third-order valence-corrected chi connectivity index (χ3v) is 3.44. The van der Waals surface area contributed by atoms with Crippen molar-refractivity contribution in [3.63, 3.8) is 0 Å². The van der Waals surface area contributed by atoms with E-state index in [1.807, 2.05) is 0 Å². The summed E-state index contributed by atoms with van der Waals surface area (Å²) in [4.78, 5) is 2.31. The molecule has 0 radical (unpaired) electrons. The number of nitrogens with zero attached hydrogens (tertiary/aromatic N) is 2. The molecule has 5 heteroatoms. The van der Waals surface area contributed by atoms with Crippen molar-refractivity contribution in [3.05, 3.63) is 17.0 Å². The van der Waals surface area contributed by atoms with Crippen molar-refractivity contribution in [2.45, 2.75) is 46.7 Å². The molecule has 0 bridgehead atoms. The van der Waals surface area contributed by atoms with Gasteiger partial charge in [0.15, 0.2) is 0 Å². The van der Waals surface area contributed by atoms with Gasteiger partial charge in [0.1, 0.15) is 0 Å². The van der Waals surface area contributed by atoms with Crippen LogP contribution in [-0.4, -0.2) is 41.8 Å². The maximum absolute atomic E-state index is 4.22. The van der Waals surface area contributed by atoms with E-state index in [-0.39, 0.29) is 12.4 Å². The molecule has 0 amide bonds. The Morgan fingerprint density at radius 3 is 2.32 bits per heavy atom. The largest absolute Gasteiger partial charge is 0.311 e. The summed E-state index contributed by atoms with van der Waals surface area (Å²) in [5.41, 5.74) is 3.58. The van der Waals surface area contributed by atoms with Crippen molar-refractivity contribution in [3.8, 4) is 0 Å². The van der Waals surface area contributed by atoms with Crippen molar-refractivity contribution < 1.29 is 0 Å². The molecule has 0 aliphatic carbocycles. The third-order valence-electron chi connectivity index (χ3n) is 3.44. The fraction of sp³-hybridized carbons (Fsp3) is 0.786. The van der Waals surface area contributed by atoms with E-state index < -0.39 is 0 Å². The van der Waals surface area contributed by atoms with Crippen LogP contribution in [0.15, 0.2) is 0 Å². The van der Waals surface area contributed by atoms with Gasteiger partial charge in [0, 0.05) is 30.4 Å². The summed E-state index contributed by atoms with van der Waals surface area (Å²) in [6.45, 7) is 10.6. The van der Waals surface area contributed by atoms with Crippen LogP contribution in [0.3, 0.4) is 0 Å². The normalized spacial score (nSPS) is 12.8. The minimum absolute atomic E-state index is 0. The molecule has 1 rings (SSSR count). The van der Waals surface area contributed by atoms with Gasteiger partial charge in [0.05, 0.1) is 5.69 Å². The second-order valence-corrected chi connectivity index (χ2v) is 5.79. The van der Waals surface area contributed by atoms with Gasteiger partial charge >= 0.3 is 0 Å². The van der Waals surface area contributed by atoms with Crippen LogP contribution in [0.1, 0.15) is 37.2 Å². The van der Waals surface area contributed by atoms with E-state index in [2.05, 4.69) is 62.2 Å². The first-order valence-corrected chi connectivity index (χ1v) is 6.79. The van der Waals surface area contributed by atoms with Gasteiger partial charge in [-0.1, -0.05) is 13.8 Å². The first-order valence-electron chi connectivity index (χ1n) is 6.79. The lowest BCUT2D eigenvalue weighted by molar-refractivity contribution is 0.246. The first-order chi connectivity index (χ1) is 8.41. The molecule has 1 unspecified atom stereocenters.